The Morgan fingerprint density at radius 3 is 2.33 bits per heavy atom. The fraction of sp³-hybridized carbons (Fsp3) is 1.00. The van der Waals surface area contributed by atoms with Gasteiger partial charge in [0.05, 0.1) is 0 Å². The van der Waals surface area contributed by atoms with Crippen molar-refractivity contribution in [1.29, 1.82) is 0 Å². The van der Waals surface area contributed by atoms with Crippen molar-refractivity contribution in [3.63, 3.8) is 0 Å². The van der Waals surface area contributed by atoms with Gasteiger partial charge in [0.25, 0.3) is 0 Å². The lowest BCUT2D eigenvalue weighted by molar-refractivity contribution is -0.00580. The van der Waals surface area contributed by atoms with Gasteiger partial charge >= 0.3 is 0 Å². The molecule has 12 heavy (non-hydrogen) atoms. The van der Waals surface area contributed by atoms with Gasteiger partial charge < -0.3 is 0 Å². The van der Waals surface area contributed by atoms with E-state index in [2.05, 4.69) is 27.7 Å². The molecule has 0 spiro atoms. The molecule has 0 aromatic heterocycles. The highest BCUT2D eigenvalue weighted by Gasteiger charge is 2.51. The van der Waals surface area contributed by atoms with Gasteiger partial charge in [0.15, 0.2) is 0 Å². The van der Waals surface area contributed by atoms with Gasteiger partial charge in [-0.1, -0.05) is 34.1 Å². The van der Waals surface area contributed by atoms with Crippen LogP contribution >= 0.6 is 0 Å². The number of rotatable bonds is 0. The largest absolute Gasteiger partial charge is 0.0594 e. The lowest BCUT2D eigenvalue weighted by atomic mass is 9.55. The minimum absolute atomic E-state index is 0.580. The highest BCUT2D eigenvalue weighted by Crippen LogP contribution is 2.60. The average molecular weight is 166 g/mol. The molecule has 0 nitrogen and oxygen atoms in total. The van der Waals surface area contributed by atoms with Crippen LogP contribution < -0.4 is 0 Å². The van der Waals surface area contributed by atoms with Crippen molar-refractivity contribution in [2.24, 2.45) is 22.7 Å². The van der Waals surface area contributed by atoms with Crippen LogP contribution in [0.4, 0.5) is 0 Å². The molecular weight excluding hydrogens is 144 g/mol. The van der Waals surface area contributed by atoms with Crippen LogP contribution in [0.5, 0.6) is 0 Å². The molecule has 0 saturated heterocycles. The van der Waals surface area contributed by atoms with Crippen molar-refractivity contribution in [3.8, 4) is 0 Å². The minimum atomic E-state index is 0.580. The molecule has 0 amide bonds. The Morgan fingerprint density at radius 2 is 1.67 bits per heavy atom. The molecule has 0 aromatic rings. The van der Waals surface area contributed by atoms with Gasteiger partial charge in [0, 0.05) is 0 Å². The molecule has 2 aliphatic rings. The first-order valence-electron chi connectivity index (χ1n) is 5.43. The summed E-state index contributed by atoms with van der Waals surface area (Å²) in [7, 11) is 0. The molecular formula is C12H22. The highest BCUT2D eigenvalue weighted by atomic mass is 14.6. The second kappa shape index (κ2) is 2.27. The molecule has 2 unspecified atom stereocenters. The summed E-state index contributed by atoms with van der Waals surface area (Å²) < 4.78 is 0. The van der Waals surface area contributed by atoms with Crippen LogP contribution in [0.2, 0.25) is 0 Å². The molecule has 2 saturated carbocycles. The maximum Gasteiger partial charge on any atom is -0.0274 e. The number of fused-ring (bicyclic) bond motifs is 2. The first kappa shape index (κ1) is 8.59. The molecule has 70 valence electrons. The third-order valence-electron chi connectivity index (χ3n) is 5.11. The summed E-state index contributed by atoms with van der Waals surface area (Å²) in [5.41, 5.74) is 1.16. The molecule has 2 atom stereocenters. The van der Waals surface area contributed by atoms with Gasteiger partial charge in [0.1, 0.15) is 0 Å². The molecule has 2 bridgehead atoms. The van der Waals surface area contributed by atoms with Crippen LogP contribution in [0.3, 0.4) is 0 Å². The Labute approximate surface area is 76.7 Å². The summed E-state index contributed by atoms with van der Waals surface area (Å²) in [6.07, 6.45) is 6.01. The maximum absolute atomic E-state index is 2.49. The van der Waals surface area contributed by atoms with E-state index in [0.29, 0.717) is 10.8 Å². The van der Waals surface area contributed by atoms with E-state index in [0.717, 1.165) is 11.8 Å². The first-order chi connectivity index (χ1) is 5.43. The molecule has 0 aliphatic heterocycles. The quantitative estimate of drug-likeness (QED) is 0.512. The summed E-state index contributed by atoms with van der Waals surface area (Å²) >= 11 is 0. The van der Waals surface area contributed by atoms with Gasteiger partial charge in [-0.25, -0.2) is 0 Å². The molecule has 0 aromatic carbocycles. The molecule has 0 heterocycles. The monoisotopic (exact) mass is 166 g/mol. The van der Waals surface area contributed by atoms with E-state index in [1.807, 2.05) is 0 Å². The smallest absolute Gasteiger partial charge is 0.0274 e. The third kappa shape index (κ3) is 0.963. The Bertz CT molecular complexity index is 188. The van der Waals surface area contributed by atoms with E-state index in [1.54, 1.807) is 0 Å². The SMILES string of the molecule is CC1(C)CC2CCC(C2)C1(C)C. The predicted octanol–water partition coefficient (Wildman–Crippen LogP) is 3.86. The Morgan fingerprint density at radius 1 is 1.00 bits per heavy atom. The van der Waals surface area contributed by atoms with Crippen molar-refractivity contribution in [1.82, 2.24) is 0 Å². The van der Waals surface area contributed by atoms with Gasteiger partial charge in [-0.15, -0.1) is 0 Å². The van der Waals surface area contributed by atoms with Crippen molar-refractivity contribution in [3.05, 3.63) is 0 Å². The third-order valence-corrected chi connectivity index (χ3v) is 5.11. The van der Waals surface area contributed by atoms with E-state index < -0.39 is 0 Å². The van der Waals surface area contributed by atoms with Crippen LogP contribution in [0.15, 0.2) is 0 Å². The van der Waals surface area contributed by atoms with Crippen molar-refractivity contribution in [2.75, 3.05) is 0 Å². The van der Waals surface area contributed by atoms with Crippen molar-refractivity contribution < 1.29 is 0 Å². The van der Waals surface area contributed by atoms with Crippen LogP contribution in [0.25, 0.3) is 0 Å². The zero-order chi connectivity index (χ0) is 8.98. The lowest BCUT2D eigenvalue weighted by Gasteiger charge is -2.50. The summed E-state index contributed by atoms with van der Waals surface area (Å²) in [4.78, 5) is 0. The summed E-state index contributed by atoms with van der Waals surface area (Å²) in [6.45, 7) is 9.91. The second-order valence-corrected chi connectivity index (χ2v) is 6.19. The fourth-order valence-corrected chi connectivity index (χ4v) is 3.45. The molecule has 0 N–H and O–H groups in total. The average Bonchev–Trinajstić information content (AvgIpc) is 2.30. The molecule has 0 radical (unpaired) electrons. The Balaban J connectivity index is 2.30. The van der Waals surface area contributed by atoms with Gasteiger partial charge in [0.2, 0.25) is 0 Å². The summed E-state index contributed by atoms with van der Waals surface area (Å²) in [5, 5.41) is 0. The zero-order valence-electron chi connectivity index (χ0n) is 8.98. The second-order valence-electron chi connectivity index (χ2n) is 6.19. The Kier molecular flexibility index (Phi) is 1.63. The summed E-state index contributed by atoms with van der Waals surface area (Å²) in [6, 6.07) is 0. The number of hydrogen-bond acceptors (Lipinski definition) is 0. The van der Waals surface area contributed by atoms with Gasteiger partial charge in [-0.05, 0) is 41.9 Å². The van der Waals surface area contributed by atoms with E-state index >= 15 is 0 Å². The standard InChI is InChI=1S/C12H22/c1-11(2)8-9-5-6-10(7-9)12(11,3)4/h9-10H,5-8H2,1-4H3. The van der Waals surface area contributed by atoms with Gasteiger partial charge in [-0.2, -0.15) is 0 Å². The summed E-state index contributed by atoms with van der Waals surface area (Å²) in [5.74, 6) is 2.09. The zero-order valence-corrected chi connectivity index (χ0v) is 8.98. The minimum Gasteiger partial charge on any atom is -0.0594 e. The number of hydrogen-bond donors (Lipinski definition) is 0. The van der Waals surface area contributed by atoms with E-state index in [9.17, 15) is 0 Å². The Hall–Kier alpha value is 0. The highest BCUT2D eigenvalue weighted by molar-refractivity contribution is 5.00. The van der Waals surface area contributed by atoms with Gasteiger partial charge in [-0.3, -0.25) is 0 Å². The van der Waals surface area contributed by atoms with Crippen LogP contribution in [0.1, 0.15) is 53.4 Å². The molecule has 2 rings (SSSR count). The van der Waals surface area contributed by atoms with E-state index in [-0.39, 0.29) is 0 Å². The predicted molar refractivity (Wildman–Crippen MR) is 53.0 cm³/mol. The van der Waals surface area contributed by atoms with E-state index in [4.69, 9.17) is 0 Å². The van der Waals surface area contributed by atoms with Crippen LogP contribution in [0, 0.1) is 22.7 Å². The fourth-order valence-electron chi connectivity index (χ4n) is 3.45. The molecule has 2 aliphatic carbocycles. The lowest BCUT2D eigenvalue weighted by Crippen LogP contribution is -2.42. The molecule has 2 fully saturated rings. The van der Waals surface area contributed by atoms with Crippen LogP contribution in [-0.4, -0.2) is 0 Å². The van der Waals surface area contributed by atoms with Crippen molar-refractivity contribution in [2.45, 2.75) is 53.4 Å². The topological polar surface area (TPSA) is 0 Å². The molecule has 0 heteroatoms. The van der Waals surface area contributed by atoms with Crippen molar-refractivity contribution >= 4 is 0 Å². The maximum atomic E-state index is 2.49. The van der Waals surface area contributed by atoms with Crippen LogP contribution in [-0.2, 0) is 0 Å². The van der Waals surface area contributed by atoms with E-state index in [1.165, 1.54) is 25.7 Å². The first-order valence-corrected chi connectivity index (χ1v) is 5.43. The normalized spacial score (nSPS) is 43.0.